The van der Waals surface area contributed by atoms with Gasteiger partial charge in [0.15, 0.2) is 0 Å². The van der Waals surface area contributed by atoms with Crippen LogP contribution in [0.5, 0.6) is 0 Å². The van der Waals surface area contributed by atoms with Crippen molar-refractivity contribution in [2.24, 2.45) is 17.3 Å². The second-order valence-corrected chi connectivity index (χ2v) is 9.97. The van der Waals surface area contributed by atoms with E-state index in [4.69, 9.17) is 4.74 Å². The molecule has 2 saturated carbocycles. The van der Waals surface area contributed by atoms with E-state index >= 15 is 0 Å². The van der Waals surface area contributed by atoms with Gasteiger partial charge in [0, 0.05) is 38.3 Å². The third-order valence-electron chi connectivity index (χ3n) is 5.99. The van der Waals surface area contributed by atoms with Gasteiger partial charge in [0.05, 0.1) is 11.2 Å². The van der Waals surface area contributed by atoms with Gasteiger partial charge in [0.25, 0.3) is 0 Å². The molecule has 2 aliphatic heterocycles. The van der Waals surface area contributed by atoms with Gasteiger partial charge in [-0.3, -0.25) is 4.79 Å². The highest BCUT2D eigenvalue weighted by atomic mass is 32.2. The summed E-state index contributed by atoms with van der Waals surface area (Å²) < 4.78 is 32.3. The minimum Gasteiger partial charge on any atom is -0.381 e. The molecule has 0 aromatic heterocycles. The topological polar surface area (TPSA) is 75.7 Å². The number of carbonyl (C=O) groups excluding carboxylic acids is 1. The second kappa shape index (κ2) is 5.70. The van der Waals surface area contributed by atoms with E-state index < -0.39 is 10.0 Å². The number of nitrogens with zero attached hydrogens (tertiary/aromatic N) is 1. The number of sulfonamides is 1. The number of nitrogens with one attached hydrogen (secondary N) is 1. The fourth-order valence-electron chi connectivity index (χ4n) is 4.03. The van der Waals surface area contributed by atoms with E-state index in [1.165, 1.54) is 12.8 Å². The monoisotopic (exact) mass is 342 g/mol. The molecule has 2 heterocycles. The van der Waals surface area contributed by atoms with Gasteiger partial charge in [-0.15, -0.1) is 0 Å². The maximum absolute atomic E-state index is 12.7. The third-order valence-corrected chi connectivity index (χ3v) is 8.30. The standard InChI is InChI=1S/C16H26N2O4S/c19-15(17-9-12-1-2-12)14-10-18(23(20,21)13-3-4-13)11-16(14)5-7-22-8-6-16/h12-14H,1-11H2,(H,17,19)/t14-/m1/s1. The van der Waals surface area contributed by atoms with Crippen LogP contribution in [0.3, 0.4) is 0 Å². The van der Waals surface area contributed by atoms with E-state index in [9.17, 15) is 13.2 Å². The predicted molar refractivity (Wildman–Crippen MR) is 85.2 cm³/mol. The summed E-state index contributed by atoms with van der Waals surface area (Å²) in [7, 11) is -3.21. The van der Waals surface area contributed by atoms with Crippen molar-refractivity contribution in [2.75, 3.05) is 32.8 Å². The predicted octanol–water partition coefficient (Wildman–Crippen LogP) is 0.733. The highest BCUT2D eigenvalue weighted by Gasteiger charge is 2.55. The van der Waals surface area contributed by atoms with Gasteiger partial charge < -0.3 is 10.1 Å². The minimum absolute atomic E-state index is 0.0484. The van der Waals surface area contributed by atoms with Gasteiger partial charge in [-0.25, -0.2) is 12.7 Å². The lowest BCUT2D eigenvalue weighted by Gasteiger charge is -2.37. The Kier molecular flexibility index (Phi) is 3.93. The Bertz CT molecular complexity index is 577. The first-order valence-electron chi connectivity index (χ1n) is 8.86. The van der Waals surface area contributed by atoms with Crippen molar-refractivity contribution in [1.82, 2.24) is 9.62 Å². The fourth-order valence-corrected chi connectivity index (χ4v) is 5.98. The van der Waals surface area contributed by atoms with Gasteiger partial charge in [0.2, 0.25) is 15.9 Å². The zero-order chi connectivity index (χ0) is 16.1. The minimum atomic E-state index is -3.21. The highest BCUT2D eigenvalue weighted by molar-refractivity contribution is 7.90. The molecule has 0 aromatic carbocycles. The van der Waals surface area contributed by atoms with Crippen LogP contribution in [0, 0.1) is 17.3 Å². The Labute approximate surface area is 138 Å². The van der Waals surface area contributed by atoms with E-state index in [1.807, 2.05) is 0 Å². The summed E-state index contributed by atoms with van der Waals surface area (Å²) in [6.45, 7) is 2.86. The molecule has 4 rings (SSSR count). The SMILES string of the molecule is O=C(NCC1CC1)[C@H]1CN(S(=O)(=O)C2CC2)CC12CCOCC2. The van der Waals surface area contributed by atoms with Crippen LogP contribution in [-0.4, -0.2) is 56.7 Å². The molecule has 130 valence electrons. The summed E-state index contributed by atoms with van der Waals surface area (Å²) in [5.41, 5.74) is -0.228. The molecule has 1 spiro atoms. The normalized spacial score (nSPS) is 31.4. The van der Waals surface area contributed by atoms with Gasteiger partial charge in [0.1, 0.15) is 0 Å². The van der Waals surface area contributed by atoms with Crippen LogP contribution in [0.15, 0.2) is 0 Å². The lowest BCUT2D eigenvalue weighted by Crippen LogP contribution is -2.44. The first-order valence-corrected chi connectivity index (χ1v) is 10.4. The van der Waals surface area contributed by atoms with Crippen molar-refractivity contribution in [3.05, 3.63) is 0 Å². The smallest absolute Gasteiger partial charge is 0.225 e. The first kappa shape index (κ1) is 15.8. The Morgan fingerprint density at radius 1 is 1.17 bits per heavy atom. The van der Waals surface area contributed by atoms with E-state index in [-0.39, 0.29) is 22.5 Å². The Hall–Kier alpha value is -0.660. The molecule has 6 nitrogen and oxygen atoms in total. The summed E-state index contributed by atoms with van der Waals surface area (Å²) in [6, 6.07) is 0. The molecular weight excluding hydrogens is 316 g/mol. The van der Waals surface area contributed by atoms with Crippen LogP contribution in [0.1, 0.15) is 38.5 Å². The zero-order valence-electron chi connectivity index (χ0n) is 13.5. The van der Waals surface area contributed by atoms with Crippen LogP contribution in [0.25, 0.3) is 0 Å². The van der Waals surface area contributed by atoms with E-state index in [1.54, 1.807) is 4.31 Å². The number of rotatable bonds is 5. The zero-order valence-corrected chi connectivity index (χ0v) is 14.3. The molecule has 0 radical (unpaired) electrons. The molecule has 23 heavy (non-hydrogen) atoms. The van der Waals surface area contributed by atoms with Gasteiger partial charge >= 0.3 is 0 Å². The van der Waals surface area contributed by atoms with Crippen molar-refractivity contribution >= 4 is 15.9 Å². The average Bonchev–Trinajstić information content (AvgIpc) is 3.44. The molecule has 4 fully saturated rings. The molecule has 1 atom stereocenters. The maximum atomic E-state index is 12.7. The van der Waals surface area contributed by atoms with Crippen molar-refractivity contribution in [2.45, 2.75) is 43.8 Å². The lowest BCUT2D eigenvalue weighted by molar-refractivity contribution is -0.129. The van der Waals surface area contributed by atoms with Gasteiger partial charge in [-0.1, -0.05) is 0 Å². The van der Waals surface area contributed by atoms with E-state index in [0.29, 0.717) is 32.2 Å². The molecule has 0 bridgehead atoms. The van der Waals surface area contributed by atoms with Crippen LogP contribution < -0.4 is 5.32 Å². The number of hydrogen-bond acceptors (Lipinski definition) is 4. The molecule has 2 saturated heterocycles. The van der Waals surface area contributed by atoms with Crippen molar-refractivity contribution in [1.29, 1.82) is 0 Å². The fraction of sp³-hybridized carbons (Fsp3) is 0.938. The summed E-state index contributed by atoms with van der Waals surface area (Å²) in [5, 5.41) is 2.87. The number of amides is 1. The van der Waals surface area contributed by atoms with Gasteiger partial charge in [-0.2, -0.15) is 0 Å². The van der Waals surface area contributed by atoms with Crippen molar-refractivity contribution < 1.29 is 17.9 Å². The van der Waals surface area contributed by atoms with Gasteiger partial charge in [-0.05, 0) is 44.4 Å². The largest absolute Gasteiger partial charge is 0.381 e. The van der Waals surface area contributed by atoms with E-state index in [2.05, 4.69) is 5.32 Å². The average molecular weight is 342 g/mol. The van der Waals surface area contributed by atoms with Crippen LogP contribution in [0.4, 0.5) is 0 Å². The summed E-state index contributed by atoms with van der Waals surface area (Å²) in [6.07, 6.45) is 5.51. The first-order chi connectivity index (χ1) is 11.0. The van der Waals surface area contributed by atoms with Crippen molar-refractivity contribution in [3.8, 4) is 0 Å². The highest BCUT2D eigenvalue weighted by Crippen LogP contribution is 2.47. The molecule has 0 unspecified atom stereocenters. The van der Waals surface area contributed by atoms with E-state index in [0.717, 1.165) is 32.2 Å². The van der Waals surface area contributed by atoms with Crippen molar-refractivity contribution in [3.63, 3.8) is 0 Å². The Morgan fingerprint density at radius 3 is 2.48 bits per heavy atom. The summed E-state index contributed by atoms with van der Waals surface area (Å²) in [4.78, 5) is 12.7. The molecular formula is C16H26N2O4S. The lowest BCUT2D eigenvalue weighted by atomic mass is 9.72. The molecule has 7 heteroatoms. The Morgan fingerprint density at radius 2 is 1.87 bits per heavy atom. The summed E-state index contributed by atoms with van der Waals surface area (Å²) in [5.74, 6) is 0.461. The number of hydrogen-bond donors (Lipinski definition) is 1. The summed E-state index contributed by atoms with van der Waals surface area (Å²) >= 11 is 0. The maximum Gasteiger partial charge on any atom is 0.225 e. The number of ether oxygens (including phenoxy) is 1. The van der Waals surface area contributed by atoms with Crippen LogP contribution in [0.2, 0.25) is 0 Å². The molecule has 4 aliphatic rings. The molecule has 2 aliphatic carbocycles. The Balaban J connectivity index is 1.52. The molecule has 1 amide bonds. The third kappa shape index (κ3) is 3.03. The molecule has 0 aromatic rings. The van der Waals surface area contributed by atoms with Crippen LogP contribution in [-0.2, 0) is 19.6 Å². The second-order valence-electron chi connectivity index (χ2n) is 7.75. The van der Waals surface area contributed by atoms with Crippen LogP contribution >= 0.6 is 0 Å². The molecule has 1 N–H and O–H groups in total. The quantitative estimate of drug-likeness (QED) is 0.799. The number of carbonyl (C=O) groups is 1.